The van der Waals surface area contributed by atoms with E-state index in [1.54, 1.807) is 24.3 Å². The predicted molar refractivity (Wildman–Crippen MR) is 116 cm³/mol. The summed E-state index contributed by atoms with van der Waals surface area (Å²) < 4.78 is 5.14. The monoisotopic (exact) mass is 406 g/mol. The molecular formula is C24H26N2O4. The van der Waals surface area contributed by atoms with Crippen molar-refractivity contribution >= 4 is 34.3 Å². The van der Waals surface area contributed by atoms with E-state index in [4.69, 9.17) is 4.74 Å². The molecule has 0 fully saturated rings. The minimum absolute atomic E-state index is 0.106. The van der Waals surface area contributed by atoms with E-state index in [2.05, 4.69) is 10.3 Å². The highest BCUT2D eigenvalue weighted by Crippen LogP contribution is 2.20. The minimum Gasteiger partial charge on any atom is -0.457 e. The largest absolute Gasteiger partial charge is 0.457 e. The Kier molecular flexibility index (Phi) is 6.35. The number of benzene rings is 2. The second-order valence-corrected chi connectivity index (χ2v) is 8.22. The Morgan fingerprint density at radius 2 is 1.70 bits per heavy atom. The maximum absolute atomic E-state index is 12.3. The van der Waals surface area contributed by atoms with Crippen LogP contribution in [0.2, 0.25) is 0 Å². The normalized spacial score (nSPS) is 11.3. The van der Waals surface area contributed by atoms with E-state index in [0.717, 1.165) is 16.5 Å². The van der Waals surface area contributed by atoms with Gasteiger partial charge in [-0.1, -0.05) is 39.0 Å². The first-order valence-electron chi connectivity index (χ1n) is 9.89. The fourth-order valence-electron chi connectivity index (χ4n) is 2.93. The van der Waals surface area contributed by atoms with Crippen LogP contribution in [0.25, 0.3) is 10.9 Å². The molecule has 0 saturated heterocycles. The van der Waals surface area contributed by atoms with Crippen molar-refractivity contribution in [3.05, 3.63) is 65.9 Å². The lowest BCUT2D eigenvalue weighted by Crippen LogP contribution is -2.27. The molecule has 1 aromatic heterocycles. The molecule has 0 spiro atoms. The van der Waals surface area contributed by atoms with Gasteiger partial charge in [0.2, 0.25) is 5.91 Å². The maximum Gasteiger partial charge on any atom is 0.306 e. The number of hydrogen-bond acceptors (Lipinski definition) is 4. The fraction of sp³-hybridized carbons (Fsp3) is 0.292. The molecule has 1 amide bonds. The number of hydrogen-bond donors (Lipinski definition) is 2. The number of anilines is 1. The van der Waals surface area contributed by atoms with E-state index in [1.165, 1.54) is 0 Å². The topological polar surface area (TPSA) is 88.3 Å². The highest BCUT2D eigenvalue weighted by Gasteiger charge is 2.21. The van der Waals surface area contributed by atoms with E-state index in [0.29, 0.717) is 17.7 Å². The molecule has 0 saturated carbocycles. The molecule has 0 atom stereocenters. The zero-order valence-electron chi connectivity index (χ0n) is 17.5. The quantitative estimate of drug-likeness (QED) is 0.446. The highest BCUT2D eigenvalue weighted by molar-refractivity contribution is 5.99. The predicted octanol–water partition coefficient (Wildman–Crippen LogP) is 4.51. The summed E-state index contributed by atoms with van der Waals surface area (Å²) in [6.07, 6.45) is 2.63. The summed E-state index contributed by atoms with van der Waals surface area (Å²) in [6, 6.07) is 14.4. The number of carbonyl (C=O) groups excluding carboxylic acids is 3. The van der Waals surface area contributed by atoms with Gasteiger partial charge in [-0.25, -0.2) is 0 Å². The Labute approximate surface area is 175 Å². The van der Waals surface area contributed by atoms with Crippen molar-refractivity contribution in [2.75, 3.05) is 11.9 Å². The summed E-state index contributed by atoms with van der Waals surface area (Å²) in [5.41, 5.74) is 2.60. The van der Waals surface area contributed by atoms with Gasteiger partial charge < -0.3 is 15.0 Å². The van der Waals surface area contributed by atoms with E-state index < -0.39 is 11.4 Å². The van der Waals surface area contributed by atoms with Gasteiger partial charge in [0.25, 0.3) is 0 Å². The minimum atomic E-state index is -0.505. The van der Waals surface area contributed by atoms with Gasteiger partial charge in [0, 0.05) is 40.2 Å². The Morgan fingerprint density at radius 3 is 2.40 bits per heavy atom. The molecule has 0 radical (unpaired) electrons. The van der Waals surface area contributed by atoms with Gasteiger partial charge in [-0.05, 0) is 42.3 Å². The van der Waals surface area contributed by atoms with Crippen LogP contribution in [0.4, 0.5) is 5.69 Å². The lowest BCUT2D eigenvalue weighted by atomic mass is 9.95. The molecule has 156 valence electrons. The molecule has 2 N–H and O–H groups in total. The van der Waals surface area contributed by atoms with Crippen LogP contribution in [0, 0.1) is 5.41 Å². The Balaban J connectivity index is 1.47. The van der Waals surface area contributed by atoms with Gasteiger partial charge in [0.05, 0.1) is 0 Å². The summed E-state index contributed by atoms with van der Waals surface area (Å²) in [5.74, 6) is -0.808. The van der Waals surface area contributed by atoms with Crippen LogP contribution in [-0.4, -0.2) is 29.3 Å². The second kappa shape index (κ2) is 8.95. The summed E-state index contributed by atoms with van der Waals surface area (Å²) in [5, 5.41) is 3.89. The van der Waals surface area contributed by atoms with Crippen LogP contribution in [0.1, 0.15) is 43.1 Å². The van der Waals surface area contributed by atoms with Crippen molar-refractivity contribution in [3.63, 3.8) is 0 Å². The number of nitrogens with one attached hydrogen (secondary N) is 2. The van der Waals surface area contributed by atoms with E-state index in [1.807, 2.05) is 51.2 Å². The van der Waals surface area contributed by atoms with Crippen molar-refractivity contribution in [3.8, 4) is 0 Å². The number of amides is 1. The first-order valence-corrected chi connectivity index (χ1v) is 9.89. The molecule has 1 heterocycles. The average molecular weight is 406 g/mol. The van der Waals surface area contributed by atoms with Crippen LogP contribution in [-0.2, 0) is 20.7 Å². The van der Waals surface area contributed by atoms with Crippen LogP contribution in [0.3, 0.4) is 0 Å². The zero-order valence-corrected chi connectivity index (χ0v) is 17.5. The van der Waals surface area contributed by atoms with Gasteiger partial charge in [0.1, 0.15) is 0 Å². The Morgan fingerprint density at radius 1 is 1.00 bits per heavy atom. The molecule has 0 bridgehead atoms. The first kappa shape index (κ1) is 21.3. The summed E-state index contributed by atoms with van der Waals surface area (Å²) in [7, 11) is 0. The van der Waals surface area contributed by atoms with Crippen molar-refractivity contribution < 1.29 is 19.1 Å². The molecule has 0 aliphatic carbocycles. The second-order valence-electron chi connectivity index (χ2n) is 8.22. The average Bonchev–Trinajstić information content (AvgIpc) is 3.13. The summed E-state index contributed by atoms with van der Waals surface area (Å²) >= 11 is 0. The lowest BCUT2D eigenvalue weighted by Gasteiger charge is -2.17. The zero-order chi connectivity index (χ0) is 21.7. The maximum atomic E-state index is 12.3. The van der Waals surface area contributed by atoms with Crippen molar-refractivity contribution in [2.24, 2.45) is 5.41 Å². The standard InChI is InChI=1S/C24H26N2O4/c1-24(2,3)23(29)26-18-11-8-16(9-12-18)21(27)15-30-22(28)13-10-17-14-25-20-7-5-4-6-19(17)20/h4-9,11-12,14,25H,10,13,15H2,1-3H3,(H,26,29). The number of ether oxygens (including phenoxy) is 1. The van der Waals surface area contributed by atoms with E-state index >= 15 is 0 Å². The number of aromatic amines is 1. The summed E-state index contributed by atoms with van der Waals surface area (Å²) in [4.78, 5) is 39.5. The third-order valence-electron chi connectivity index (χ3n) is 4.78. The number of aryl methyl sites for hydroxylation is 1. The van der Waals surface area contributed by atoms with E-state index in [9.17, 15) is 14.4 Å². The third-order valence-corrected chi connectivity index (χ3v) is 4.78. The molecule has 0 aliphatic heterocycles. The molecular weight excluding hydrogens is 380 g/mol. The molecule has 0 aliphatic rings. The van der Waals surface area contributed by atoms with E-state index in [-0.39, 0.29) is 24.7 Å². The van der Waals surface area contributed by atoms with Gasteiger partial charge in [-0.2, -0.15) is 0 Å². The molecule has 3 aromatic rings. The molecule has 3 rings (SSSR count). The molecule has 0 unspecified atom stereocenters. The third kappa shape index (κ3) is 5.35. The molecule has 30 heavy (non-hydrogen) atoms. The summed E-state index contributed by atoms with van der Waals surface area (Å²) in [6.45, 7) is 5.17. The van der Waals surface area contributed by atoms with Crippen LogP contribution in [0.15, 0.2) is 54.7 Å². The molecule has 6 heteroatoms. The van der Waals surface area contributed by atoms with Crippen LogP contribution >= 0.6 is 0 Å². The number of para-hydroxylation sites is 1. The van der Waals surface area contributed by atoms with Crippen molar-refractivity contribution in [1.82, 2.24) is 4.98 Å². The van der Waals surface area contributed by atoms with Gasteiger partial charge >= 0.3 is 5.97 Å². The van der Waals surface area contributed by atoms with Gasteiger partial charge in [-0.15, -0.1) is 0 Å². The number of esters is 1. The Bertz CT molecular complexity index is 1060. The lowest BCUT2D eigenvalue weighted by molar-refractivity contribution is -0.142. The highest BCUT2D eigenvalue weighted by atomic mass is 16.5. The number of rotatable bonds is 7. The number of fused-ring (bicyclic) bond motifs is 1. The first-order chi connectivity index (χ1) is 14.2. The van der Waals surface area contributed by atoms with Crippen LogP contribution < -0.4 is 5.32 Å². The smallest absolute Gasteiger partial charge is 0.306 e. The van der Waals surface area contributed by atoms with Crippen molar-refractivity contribution in [2.45, 2.75) is 33.6 Å². The number of aromatic nitrogens is 1. The SMILES string of the molecule is CC(C)(C)C(=O)Nc1ccc(C(=O)COC(=O)CCc2c[nH]c3ccccc23)cc1. The van der Waals surface area contributed by atoms with Gasteiger partial charge in [-0.3, -0.25) is 14.4 Å². The number of carbonyl (C=O) groups is 3. The molecule has 6 nitrogen and oxygen atoms in total. The fourth-order valence-corrected chi connectivity index (χ4v) is 2.93. The van der Waals surface area contributed by atoms with Gasteiger partial charge in [0.15, 0.2) is 12.4 Å². The number of Topliss-reactive ketones (excluding diaryl/α,β-unsaturated/α-hetero) is 1. The molecule has 2 aromatic carbocycles. The Hall–Kier alpha value is -3.41. The number of H-pyrrole nitrogens is 1. The van der Waals surface area contributed by atoms with Crippen LogP contribution in [0.5, 0.6) is 0 Å². The van der Waals surface area contributed by atoms with Crippen molar-refractivity contribution in [1.29, 1.82) is 0 Å². The number of ketones is 1.